The Morgan fingerprint density at radius 2 is 0.642 bits per heavy atom. The summed E-state index contributed by atoms with van der Waals surface area (Å²) in [7, 11) is 0. The maximum Gasteiger partial charge on any atom is 0.164 e. The van der Waals surface area contributed by atoms with Crippen LogP contribution in [0.5, 0.6) is 0 Å². The molecule has 95 heavy (non-hydrogen) atoms. The molecule has 444 valence electrons. The fraction of sp³-hybridized carbons (Fsp3) is 0. The first-order valence-electron chi connectivity index (χ1n) is 31.8. The van der Waals surface area contributed by atoms with Crippen molar-refractivity contribution in [3.8, 4) is 119 Å². The lowest BCUT2D eigenvalue weighted by molar-refractivity contribution is 1.07. The first-order chi connectivity index (χ1) is 47.0. The number of benzene rings is 14. The number of rotatable bonds is 7. The smallest absolute Gasteiger partial charge is 0.164 e. The highest BCUT2D eigenvalue weighted by molar-refractivity contribution is 9.10. The van der Waals surface area contributed by atoms with E-state index in [4.69, 9.17) is 24.9 Å². The predicted molar refractivity (Wildman–Crippen MR) is 394 cm³/mol. The van der Waals surface area contributed by atoms with Crippen molar-refractivity contribution in [3.05, 3.63) is 320 Å². The standard InChI is InChI=1S/C43H26N4.C22H13N.C21H14BrN3/c1-3-11-28(12-4-1)41-44-42(29-13-5-2-6-14-29)46-43(45-41)30-21-23-31(24-22-30)47-37-20-8-7-17-32(37)35-26-25-34-33-18-9-15-27-16-10-19-36(38(27)33)39(34)40(35)47;1-2-10-19-14(7-1)17-12-11-16-15-8-3-5-13-6-4-9-18(20(13)15)21(16)22(17)23-19;22-18-13-11-17(12-14-18)21-24-19(15-7-3-1-4-8-15)23-20(25-21)16-9-5-2-6-10-16/h1-26H;1-12,23H;1-14H. The quantitative estimate of drug-likeness (QED) is 0.171. The maximum atomic E-state index is 4.95. The lowest BCUT2D eigenvalue weighted by atomic mass is 10.0. The monoisotopic (exact) mass is 1280 g/mol. The van der Waals surface area contributed by atoms with Gasteiger partial charge in [-0.25, -0.2) is 29.9 Å². The number of hydrogen-bond donors (Lipinski definition) is 1. The second-order valence-corrected chi connectivity index (χ2v) is 24.8. The van der Waals surface area contributed by atoms with E-state index in [1.165, 1.54) is 110 Å². The normalized spacial score (nSPS) is 11.6. The fourth-order valence-electron chi connectivity index (χ4n) is 14.0. The Morgan fingerprint density at radius 3 is 1.13 bits per heavy atom. The SMILES string of the molecule is Brc1ccc(-c2nc(-c3ccccc3)nc(-c3ccccc3)n2)cc1.c1cc2c3c(cccc3c1)-c1c-2ccc2c1[nH]c1ccccc12.c1ccc(-c2nc(-c3ccccc3)nc(-c3ccc(-n4c5ccccc5c5ccc6c(c54)-c4cccc5cccc-6c45)cc3)n2)cc1. The topological polar surface area (TPSA) is 98.1 Å². The molecule has 0 radical (unpaired) electrons. The van der Waals surface area contributed by atoms with Gasteiger partial charge in [0.15, 0.2) is 34.9 Å². The summed E-state index contributed by atoms with van der Waals surface area (Å²) in [6.07, 6.45) is 0. The van der Waals surface area contributed by atoms with Crippen LogP contribution in [0, 0.1) is 0 Å². The summed E-state index contributed by atoms with van der Waals surface area (Å²) in [5, 5.41) is 10.4. The Labute approximate surface area is 555 Å². The van der Waals surface area contributed by atoms with Gasteiger partial charge >= 0.3 is 0 Å². The van der Waals surface area contributed by atoms with Crippen LogP contribution in [-0.4, -0.2) is 39.5 Å². The molecule has 14 aromatic carbocycles. The number of fused-ring (bicyclic) bond motifs is 14. The Bertz CT molecular complexity index is 5890. The first kappa shape index (κ1) is 55.5. The van der Waals surface area contributed by atoms with E-state index in [2.05, 4.69) is 200 Å². The fourth-order valence-corrected chi connectivity index (χ4v) is 14.3. The third-order valence-electron chi connectivity index (χ3n) is 18.3. The molecular weight excluding hydrogens is 1220 g/mol. The lowest BCUT2D eigenvalue weighted by Gasteiger charge is -2.13. The van der Waals surface area contributed by atoms with Gasteiger partial charge in [0.1, 0.15) is 0 Å². The number of H-pyrrole nitrogens is 1. The minimum atomic E-state index is 0.648. The molecule has 0 amide bonds. The van der Waals surface area contributed by atoms with Crippen molar-refractivity contribution >= 4 is 81.1 Å². The van der Waals surface area contributed by atoms with Gasteiger partial charge in [0.25, 0.3) is 0 Å². The predicted octanol–water partition coefficient (Wildman–Crippen LogP) is 22.5. The highest BCUT2D eigenvalue weighted by Gasteiger charge is 2.28. The van der Waals surface area contributed by atoms with Crippen LogP contribution in [-0.2, 0) is 0 Å². The molecule has 18 aromatic rings. The molecule has 0 unspecified atom stereocenters. The van der Waals surface area contributed by atoms with Crippen molar-refractivity contribution in [1.82, 2.24) is 39.5 Å². The Kier molecular flexibility index (Phi) is 13.5. The molecule has 0 bridgehead atoms. The van der Waals surface area contributed by atoms with Crippen LogP contribution in [0.25, 0.3) is 184 Å². The van der Waals surface area contributed by atoms with Crippen LogP contribution < -0.4 is 0 Å². The van der Waals surface area contributed by atoms with Crippen LogP contribution in [0.3, 0.4) is 0 Å². The van der Waals surface area contributed by atoms with Gasteiger partial charge in [-0.15, -0.1) is 0 Å². The average molecular weight is 1280 g/mol. The molecule has 0 saturated carbocycles. The largest absolute Gasteiger partial charge is 0.354 e. The van der Waals surface area contributed by atoms with Crippen molar-refractivity contribution in [2.75, 3.05) is 0 Å². The maximum absolute atomic E-state index is 4.95. The van der Waals surface area contributed by atoms with Crippen molar-refractivity contribution in [3.63, 3.8) is 0 Å². The zero-order valence-electron chi connectivity index (χ0n) is 51.0. The summed E-state index contributed by atoms with van der Waals surface area (Å²) in [4.78, 5) is 32.5. The van der Waals surface area contributed by atoms with Gasteiger partial charge in [-0.2, -0.15) is 0 Å². The highest BCUT2D eigenvalue weighted by atomic mass is 79.9. The first-order valence-corrected chi connectivity index (χ1v) is 32.6. The number of nitrogens with one attached hydrogen (secondary N) is 1. The second-order valence-electron chi connectivity index (χ2n) is 23.9. The van der Waals surface area contributed by atoms with E-state index in [1.807, 2.05) is 146 Å². The van der Waals surface area contributed by atoms with Crippen LogP contribution in [0.1, 0.15) is 0 Å². The van der Waals surface area contributed by atoms with E-state index in [9.17, 15) is 0 Å². The molecule has 4 heterocycles. The van der Waals surface area contributed by atoms with Gasteiger partial charge in [-0.3, -0.25) is 0 Å². The third-order valence-corrected chi connectivity index (χ3v) is 18.9. The average Bonchev–Trinajstić information content (AvgIpc) is 1.58. The Balaban J connectivity index is 0.000000115. The van der Waals surface area contributed by atoms with Gasteiger partial charge in [0.2, 0.25) is 0 Å². The third kappa shape index (κ3) is 9.67. The summed E-state index contributed by atoms with van der Waals surface area (Å²) < 4.78 is 3.45. The number of para-hydroxylation sites is 2. The van der Waals surface area contributed by atoms with Crippen molar-refractivity contribution < 1.29 is 0 Å². The molecular formula is C86H53BrN8. The van der Waals surface area contributed by atoms with E-state index in [-0.39, 0.29) is 0 Å². The van der Waals surface area contributed by atoms with Gasteiger partial charge < -0.3 is 9.55 Å². The number of hydrogen-bond acceptors (Lipinski definition) is 6. The zero-order valence-corrected chi connectivity index (χ0v) is 52.6. The summed E-state index contributed by atoms with van der Waals surface area (Å²) in [5.74, 6) is 3.98. The molecule has 4 aromatic heterocycles. The van der Waals surface area contributed by atoms with E-state index >= 15 is 0 Å². The van der Waals surface area contributed by atoms with Crippen molar-refractivity contribution in [2.24, 2.45) is 0 Å². The van der Waals surface area contributed by atoms with Gasteiger partial charge in [-0.1, -0.05) is 283 Å². The van der Waals surface area contributed by atoms with Crippen LogP contribution in [0.2, 0.25) is 0 Å². The molecule has 1 N–H and O–H groups in total. The number of aromatic nitrogens is 8. The Hall–Kier alpha value is -12.3. The summed E-state index contributed by atoms with van der Waals surface area (Å²) in [5.41, 5.74) is 22.3. The summed E-state index contributed by atoms with van der Waals surface area (Å²) >= 11 is 3.47. The number of halogens is 1. The van der Waals surface area contributed by atoms with E-state index in [1.54, 1.807) is 0 Å². The molecule has 8 nitrogen and oxygen atoms in total. The summed E-state index contributed by atoms with van der Waals surface area (Å²) in [6.45, 7) is 0. The van der Waals surface area contributed by atoms with Crippen LogP contribution in [0.15, 0.2) is 320 Å². The van der Waals surface area contributed by atoms with Gasteiger partial charge in [0, 0.05) is 81.7 Å². The van der Waals surface area contributed by atoms with Crippen molar-refractivity contribution in [2.45, 2.75) is 0 Å². The molecule has 0 spiro atoms. The molecule has 0 saturated heterocycles. The Morgan fingerprint density at radius 1 is 0.263 bits per heavy atom. The molecule has 0 fully saturated rings. The van der Waals surface area contributed by atoms with Crippen molar-refractivity contribution in [1.29, 1.82) is 0 Å². The van der Waals surface area contributed by atoms with Crippen LogP contribution >= 0.6 is 15.9 Å². The lowest BCUT2D eigenvalue weighted by Crippen LogP contribution is -2.00. The molecule has 20 rings (SSSR count). The number of nitrogens with zero attached hydrogens (tertiary/aromatic N) is 7. The molecule has 2 aliphatic rings. The van der Waals surface area contributed by atoms with E-state index < -0.39 is 0 Å². The molecule has 2 aliphatic carbocycles. The van der Waals surface area contributed by atoms with Gasteiger partial charge in [0.05, 0.1) is 16.6 Å². The van der Waals surface area contributed by atoms with E-state index in [0.717, 1.165) is 43.5 Å². The zero-order chi connectivity index (χ0) is 62.9. The minimum absolute atomic E-state index is 0.648. The van der Waals surface area contributed by atoms with Crippen LogP contribution in [0.4, 0.5) is 0 Å². The van der Waals surface area contributed by atoms with Gasteiger partial charge in [-0.05, 0) is 103 Å². The number of aromatic amines is 1. The summed E-state index contributed by atoms with van der Waals surface area (Å²) in [6, 6.07) is 110. The molecule has 0 aliphatic heterocycles. The highest BCUT2D eigenvalue weighted by Crippen LogP contribution is 2.53. The minimum Gasteiger partial charge on any atom is -0.354 e. The molecule has 9 heteroatoms. The molecule has 0 atom stereocenters. The second kappa shape index (κ2) is 23.1. The van der Waals surface area contributed by atoms with E-state index in [0.29, 0.717) is 34.9 Å².